The van der Waals surface area contributed by atoms with Crippen LogP contribution in [0.15, 0.2) is 24.3 Å². The zero-order valence-corrected chi connectivity index (χ0v) is 18.8. The molecule has 1 saturated heterocycles. The van der Waals surface area contributed by atoms with E-state index in [0.29, 0.717) is 6.42 Å². The molecule has 0 bridgehead atoms. The molecule has 1 atom stereocenters. The number of nitrogens with one attached hydrogen (secondary N) is 1. The van der Waals surface area contributed by atoms with Gasteiger partial charge in [0.2, 0.25) is 11.8 Å². The summed E-state index contributed by atoms with van der Waals surface area (Å²) < 4.78 is 24.1. The molecule has 1 saturated carbocycles. The molecule has 2 aliphatic rings. The van der Waals surface area contributed by atoms with Gasteiger partial charge in [-0.05, 0) is 30.9 Å². The normalized spacial score (nSPS) is 21.2. The van der Waals surface area contributed by atoms with Crippen LogP contribution >= 0.6 is 0 Å². The molecule has 0 radical (unpaired) electrons. The number of amides is 2. The number of benzene rings is 1. The van der Waals surface area contributed by atoms with E-state index >= 15 is 0 Å². The quantitative estimate of drug-likeness (QED) is 0.709. The Hall–Kier alpha value is -2.09. The van der Waals surface area contributed by atoms with Crippen molar-refractivity contribution in [1.82, 2.24) is 9.80 Å². The predicted octanol–water partition coefficient (Wildman–Crippen LogP) is 2.08. The van der Waals surface area contributed by atoms with Crippen LogP contribution in [0.25, 0.3) is 0 Å². The van der Waals surface area contributed by atoms with Gasteiger partial charge in [0.05, 0.1) is 24.5 Å². The van der Waals surface area contributed by atoms with E-state index in [1.54, 1.807) is 19.0 Å². The number of carbonyl (C=O) groups excluding carboxylic acids is 2. The Balaban J connectivity index is 1.71. The maximum absolute atomic E-state index is 13.2. The van der Waals surface area contributed by atoms with Gasteiger partial charge in [0.1, 0.15) is 0 Å². The molecule has 2 amide bonds. The summed E-state index contributed by atoms with van der Waals surface area (Å²) >= 11 is 0. The highest BCUT2D eigenvalue weighted by atomic mass is 32.2. The van der Waals surface area contributed by atoms with E-state index in [1.807, 2.05) is 29.2 Å². The minimum Gasteiger partial charge on any atom is -0.376 e. The van der Waals surface area contributed by atoms with E-state index in [1.165, 1.54) is 6.42 Å². The van der Waals surface area contributed by atoms with Crippen LogP contribution < -0.4 is 5.32 Å². The monoisotopic (exact) mass is 435 g/mol. The Morgan fingerprint density at radius 2 is 1.70 bits per heavy atom. The number of carbonyl (C=O) groups is 2. The van der Waals surface area contributed by atoms with Crippen molar-refractivity contribution in [2.45, 2.75) is 57.0 Å². The van der Waals surface area contributed by atoms with Crippen molar-refractivity contribution in [2.75, 3.05) is 37.5 Å². The standard InChI is InChI=1S/C22H33N3O4S/c1-24(2)21(26)14-17-8-6-7-11-20(17)23-15-22(27)25(18-9-4-3-5-10-18)19-12-13-30(28,29)16-19/h6-8,11,18-19,23H,3-5,9-10,12-16H2,1-2H3. The van der Waals surface area contributed by atoms with Gasteiger partial charge in [0.25, 0.3) is 0 Å². The lowest BCUT2D eigenvalue weighted by atomic mass is 9.93. The summed E-state index contributed by atoms with van der Waals surface area (Å²) in [6, 6.07) is 7.41. The molecule has 1 heterocycles. The molecule has 3 rings (SSSR count). The summed E-state index contributed by atoms with van der Waals surface area (Å²) in [5.41, 5.74) is 1.61. The molecule has 1 unspecified atom stereocenters. The number of para-hydroxylation sites is 1. The predicted molar refractivity (Wildman–Crippen MR) is 118 cm³/mol. The molecule has 1 aromatic carbocycles. The molecule has 7 nitrogen and oxygen atoms in total. The Kier molecular flexibility index (Phi) is 7.39. The lowest BCUT2D eigenvalue weighted by Crippen LogP contribution is -2.50. The van der Waals surface area contributed by atoms with E-state index in [-0.39, 0.29) is 48.4 Å². The summed E-state index contributed by atoms with van der Waals surface area (Å²) in [5.74, 6) is 0.175. The average molecular weight is 436 g/mol. The number of sulfone groups is 1. The van der Waals surface area contributed by atoms with E-state index in [0.717, 1.165) is 36.9 Å². The van der Waals surface area contributed by atoms with E-state index in [9.17, 15) is 18.0 Å². The minimum atomic E-state index is -3.06. The van der Waals surface area contributed by atoms with Crippen LogP contribution in [0, 0.1) is 0 Å². The van der Waals surface area contributed by atoms with E-state index in [4.69, 9.17) is 0 Å². The molecule has 1 aliphatic heterocycles. The molecule has 2 fully saturated rings. The van der Waals surface area contributed by atoms with E-state index < -0.39 is 9.84 Å². The van der Waals surface area contributed by atoms with Crippen molar-refractivity contribution >= 4 is 27.3 Å². The number of rotatable bonds is 7. The second-order valence-corrected chi connectivity index (χ2v) is 10.9. The van der Waals surface area contributed by atoms with Crippen LogP contribution in [0.5, 0.6) is 0 Å². The first-order valence-electron chi connectivity index (χ1n) is 10.8. The van der Waals surface area contributed by atoms with Crippen molar-refractivity contribution < 1.29 is 18.0 Å². The Bertz CT molecular complexity index is 863. The van der Waals surface area contributed by atoms with Crippen LogP contribution in [0.4, 0.5) is 5.69 Å². The summed E-state index contributed by atoms with van der Waals surface area (Å²) in [4.78, 5) is 28.8. The fourth-order valence-electron chi connectivity index (χ4n) is 4.49. The largest absolute Gasteiger partial charge is 0.376 e. The van der Waals surface area contributed by atoms with Crippen LogP contribution in [0.1, 0.15) is 44.1 Å². The van der Waals surface area contributed by atoms with Crippen molar-refractivity contribution in [2.24, 2.45) is 0 Å². The van der Waals surface area contributed by atoms with E-state index in [2.05, 4.69) is 5.32 Å². The van der Waals surface area contributed by atoms with Crippen LogP contribution in [0.2, 0.25) is 0 Å². The molecule has 166 valence electrons. The van der Waals surface area contributed by atoms with Crippen LogP contribution in [0.3, 0.4) is 0 Å². The van der Waals surface area contributed by atoms with Gasteiger partial charge in [0, 0.05) is 31.9 Å². The highest BCUT2D eigenvalue weighted by molar-refractivity contribution is 7.91. The Morgan fingerprint density at radius 1 is 1.00 bits per heavy atom. The Morgan fingerprint density at radius 3 is 2.33 bits per heavy atom. The van der Waals surface area contributed by atoms with Crippen molar-refractivity contribution in [3.8, 4) is 0 Å². The summed E-state index contributed by atoms with van der Waals surface area (Å²) in [6.45, 7) is 0.0974. The number of likely N-dealkylation sites (N-methyl/N-ethyl adjacent to an activating group) is 1. The molecular formula is C22H33N3O4S. The fraction of sp³-hybridized carbons (Fsp3) is 0.636. The summed E-state index contributed by atoms with van der Waals surface area (Å²) in [5, 5.41) is 3.21. The first-order valence-corrected chi connectivity index (χ1v) is 12.6. The minimum absolute atomic E-state index is 0.00410. The summed E-state index contributed by atoms with van der Waals surface area (Å²) in [7, 11) is 0.379. The molecule has 30 heavy (non-hydrogen) atoms. The third-order valence-electron chi connectivity index (χ3n) is 6.15. The second-order valence-electron chi connectivity index (χ2n) is 8.63. The van der Waals surface area contributed by atoms with Crippen molar-refractivity contribution in [3.63, 3.8) is 0 Å². The first kappa shape index (κ1) is 22.6. The third kappa shape index (κ3) is 5.74. The molecule has 0 aromatic heterocycles. The first-order chi connectivity index (χ1) is 14.3. The average Bonchev–Trinajstić information content (AvgIpc) is 3.07. The Labute approximate surface area is 179 Å². The smallest absolute Gasteiger partial charge is 0.242 e. The highest BCUT2D eigenvalue weighted by Crippen LogP contribution is 2.28. The maximum Gasteiger partial charge on any atom is 0.242 e. The van der Waals surface area contributed by atoms with Gasteiger partial charge in [-0.2, -0.15) is 0 Å². The van der Waals surface area contributed by atoms with Gasteiger partial charge >= 0.3 is 0 Å². The fourth-order valence-corrected chi connectivity index (χ4v) is 6.20. The maximum atomic E-state index is 13.2. The number of hydrogen-bond acceptors (Lipinski definition) is 5. The molecular weight excluding hydrogens is 402 g/mol. The number of anilines is 1. The molecule has 0 spiro atoms. The molecule has 1 aromatic rings. The lowest BCUT2D eigenvalue weighted by molar-refractivity contribution is -0.134. The second kappa shape index (κ2) is 9.81. The van der Waals surface area contributed by atoms with Gasteiger partial charge in [0.15, 0.2) is 9.84 Å². The zero-order valence-electron chi connectivity index (χ0n) is 18.0. The van der Waals surface area contributed by atoms with Crippen LogP contribution in [-0.2, 0) is 25.8 Å². The lowest BCUT2D eigenvalue weighted by Gasteiger charge is -2.38. The highest BCUT2D eigenvalue weighted by Gasteiger charge is 2.38. The number of nitrogens with zero attached hydrogens (tertiary/aromatic N) is 2. The van der Waals surface area contributed by atoms with Crippen molar-refractivity contribution in [1.29, 1.82) is 0 Å². The van der Waals surface area contributed by atoms with Crippen molar-refractivity contribution in [3.05, 3.63) is 29.8 Å². The third-order valence-corrected chi connectivity index (χ3v) is 7.90. The molecule has 1 aliphatic carbocycles. The van der Waals surface area contributed by atoms with Gasteiger partial charge < -0.3 is 15.1 Å². The van der Waals surface area contributed by atoms with Gasteiger partial charge in [-0.3, -0.25) is 9.59 Å². The molecule has 1 N–H and O–H groups in total. The van der Waals surface area contributed by atoms with Crippen LogP contribution in [-0.4, -0.2) is 74.3 Å². The summed E-state index contributed by atoms with van der Waals surface area (Å²) in [6.07, 6.45) is 6.00. The van der Waals surface area contributed by atoms with Gasteiger partial charge in [-0.1, -0.05) is 37.5 Å². The zero-order chi connectivity index (χ0) is 21.7. The SMILES string of the molecule is CN(C)C(=O)Cc1ccccc1NCC(=O)N(C1CCCCC1)C1CCS(=O)(=O)C1. The number of hydrogen-bond donors (Lipinski definition) is 1. The van der Waals surface area contributed by atoms with Gasteiger partial charge in [-0.15, -0.1) is 0 Å². The molecule has 8 heteroatoms. The topological polar surface area (TPSA) is 86.8 Å². The van der Waals surface area contributed by atoms with Gasteiger partial charge in [-0.25, -0.2) is 8.42 Å².